The zero-order valence-electron chi connectivity index (χ0n) is 14.8. The average Bonchev–Trinajstić information content (AvgIpc) is 2.52. The molecule has 2 aromatic carbocycles. The van der Waals surface area contributed by atoms with Gasteiger partial charge in [0.25, 0.3) is 9.84 Å². The number of alkyl halides is 3. The monoisotopic (exact) mass is 398 g/mol. The third-order valence-electron chi connectivity index (χ3n) is 4.16. The molecule has 1 heterocycles. The Morgan fingerprint density at radius 3 is 2.30 bits per heavy atom. The van der Waals surface area contributed by atoms with Gasteiger partial charge in [0.05, 0.1) is 4.90 Å². The molecule has 0 fully saturated rings. The SMILES string of the molecule is Cc1ccc(C2=CC(C)(C)Oc3ccc(S(=O)(=O)C(F)(F)F)cc32)c(O)c1. The number of fused-ring (bicyclic) bond motifs is 1. The minimum absolute atomic E-state index is 0.0611. The highest BCUT2D eigenvalue weighted by Gasteiger charge is 2.47. The minimum atomic E-state index is -5.51. The summed E-state index contributed by atoms with van der Waals surface area (Å²) in [6.07, 6.45) is 1.64. The van der Waals surface area contributed by atoms with E-state index in [1.54, 1.807) is 39.0 Å². The van der Waals surface area contributed by atoms with Crippen LogP contribution in [0.4, 0.5) is 13.2 Å². The molecule has 144 valence electrons. The molecule has 0 saturated heterocycles. The van der Waals surface area contributed by atoms with Gasteiger partial charge in [-0.15, -0.1) is 0 Å². The number of rotatable bonds is 2. The summed E-state index contributed by atoms with van der Waals surface area (Å²) in [7, 11) is -5.51. The molecular weight excluding hydrogens is 381 g/mol. The zero-order chi connectivity index (χ0) is 20.2. The predicted octanol–water partition coefficient (Wildman–Crippen LogP) is 4.60. The van der Waals surface area contributed by atoms with E-state index in [1.165, 1.54) is 12.1 Å². The van der Waals surface area contributed by atoms with Crippen LogP contribution in [0.1, 0.15) is 30.5 Å². The van der Waals surface area contributed by atoms with E-state index >= 15 is 0 Å². The molecule has 0 atom stereocenters. The van der Waals surface area contributed by atoms with Crippen molar-refractivity contribution >= 4 is 15.4 Å². The smallest absolute Gasteiger partial charge is 0.501 e. The second kappa shape index (κ2) is 6.02. The molecule has 0 aromatic heterocycles. The van der Waals surface area contributed by atoms with Gasteiger partial charge < -0.3 is 9.84 Å². The molecular formula is C19H17F3O4S. The van der Waals surface area contributed by atoms with E-state index in [2.05, 4.69) is 0 Å². The first-order valence-electron chi connectivity index (χ1n) is 7.99. The summed E-state index contributed by atoms with van der Waals surface area (Å²) in [6.45, 7) is 5.29. The Hall–Kier alpha value is -2.48. The summed E-state index contributed by atoms with van der Waals surface area (Å²) < 4.78 is 68.1. The van der Waals surface area contributed by atoms with Crippen LogP contribution in [0.5, 0.6) is 11.5 Å². The number of benzene rings is 2. The molecule has 0 aliphatic carbocycles. The van der Waals surface area contributed by atoms with Crippen LogP contribution in [0.2, 0.25) is 0 Å². The van der Waals surface area contributed by atoms with Crippen LogP contribution >= 0.6 is 0 Å². The fourth-order valence-electron chi connectivity index (χ4n) is 2.94. The highest BCUT2D eigenvalue weighted by molar-refractivity contribution is 7.92. The van der Waals surface area contributed by atoms with Gasteiger partial charge in [-0.2, -0.15) is 13.2 Å². The van der Waals surface area contributed by atoms with Crippen molar-refractivity contribution in [1.29, 1.82) is 0 Å². The average molecular weight is 398 g/mol. The van der Waals surface area contributed by atoms with Crippen molar-refractivity contribution < 1.29 is 31.4 Å². The highest BCUT2D eigenvalue weighted by atomic mass is 32.2. The maximum atomic E-state index is 12.9. The summed E-state index contributed by atoms with van der Waals surface area (Å²) in [4.78, 5) is -0.880. The van der Waals surface area contributed by atoms with Crippen molar-refractivity contribution in [2.24, 2.45) is 0 Å². The van der Waals surface area contributed by atoms with Gasteiger partial charge in [-0.05, 0) is 62.2 Å². The Morgan fingerprint density at radius 2 is 1.70 bits per heavy atom. The molecule has 8 heteroatoms. The lowest BCUT2D eigenvalue weighted by Crippen LogP contribution is -2.29. The van der Waals surface area contributed by atoms with Crippen LogP contribution in [-0.2, 0) is 9.84 Å². The van der Waals surface area contributed by atoms with Crippen LogP contribution in [0.3, 0.4) is 0 Å². The quantitative estimate of drug-likeness (QED) is 0.803. The zero-order valence-corrected chi connectivity index (χ0v) is 15.6. The van der Waals surface area contributed by atoms with Gasteiger partial charge in [0, 0.05) is 11.1 Å². The second-order valence-corrected chi connectivity index (χ2v) is 8.83. The number of hydrogen-bond acceptors (Lipinski definition) is 4. The van der Waals surface area contributed by atoms with E-state index < -0.39 is 25.8 Å². The lowest BCUT2D eigenvalue weighted by atomic mass is 9.89. The number of hydrogen-bond donors (Lipinski definition) is 1. The van der Waals surface area contributed by atoms with Crippen LogP contribution in [-0.4, -0.2) is 24.6 Å². The predicted molar refractivity (Wildman–Crippen MR) is 94.3 cm³/mol. The molecule has 0 radical (unpaired) electrons. The molecule has 3 rings (SSSR count). The first-order valence-corrected chi connectivity index (χ1v) is 9.48. The Bertz CT molecular complexity index is 1050. The second-order valence-electron chi connectivity index (χ2n) is 6.89. The number of phenolic OH excluding ortho intramolecular Hbond substituents is 1. The number of phenols is 1. The largest absolute Gasteiger partial charge is 0.507 e. The third kappa shape index (κ3) is 3.41. The van der Waals surface area contributed by atoms with E-state index in [-0.39, 0.29) is 17.1 Å². The van der Waals surface area contributed by atoms with Crippen LogP contribution in [0.25, 0.3) is 5.57 Å². The van der Waals surface area contributed by atoms with Gasteiger partial charge in [-0.25, -0.2) is 8.42 Å². The molecule has 1 aliphatic heterocycles. The van der Waals surface area contributed by atoms with Crippen molar-refractivity contribution in [3.63, 3.8) is 0 Å². The molecule has 1 aliphatic rings. The molecule has 27 heavy (non-hydrogen) atoms. The fraction of sp³-hybridized carbons (Fsp3) is 0.263. The summed E-state index contributed by atoms with van der Waals surface area (Å²) >= 11 is 0. The summed E-state index contributed by atoms with van der Waals surface area (Å²) in [5, 5.41) is 10.3. The first-order chi connectivity index (χ1) is 12.3. The van der Waals surface area contributed by atoms with E-state index in [0.717, 1.165) is 17.7 Å². The van der Waals surface area contributed by atoms with Gasteiger partial charge in [-0.3, -0.25) is 0 Å². The highest BCUT2D eigenvalue weighted by Crippen LogP contribution is 2.44. The maximum absolute atomic E-state index is 12.9. The van der Waals surface area contributed by atoms with E-state index in [9.17, 15) is 26.7 Å². The number of sulfone groups is 1. The Kier molecular flexibility index (Phi) is 4.30. The van der Waals surface area contributed by atoms with Crippen molar-refractivity contribution in [3.8, 4) is 11.5 Å². The molecule has 0 saturated carbocycles. The molecule has 2 aromatic rings. The van der Waals surface area contributed by atoms with E-state index in [4.69, 9.17) is 4.74 Å². The Labute approximate surface area is 154 Å². The number of aryl methyl sites for hydroxylation is 1. The van der Waals surface area contributed by atoms with Crippen molar-refractivity contribution in [1.82, 2.24) is 0 Å². The first kappa shape index (κ1) is 19.3. The third-order valence-corrected chi connectivity index (χ3v) is 5.65. The fourth-order valence-corrected chi connectivity index (χ4v) is 3.73. The normalized spacial score (nSPS) is 16.3. The number of halogens is 3. The van der Waals surface area contributed by atoms with Crippen LogP contribution in [0, 0.1) is 6.92 Å². The lowest BCUT2D eigenvalue weighted by Gasteiger charge is -2.31. The molecule has 0 bridgehead atoms. The minimum Gasteiger partial charge on any atom is -0.507 e. The topological polar surface area (TPSA) is 63.6 Å². The molecule has 4 nitrogen and oxygen atoms in total. The van der Waals surface area contributed by atoms with Crippen molar-refractivity contribution in [2.75, 3.05) is 0 Å². The van der Waals surface area contributed by atoms with Gasteiger partial charge in [-0.1, -0.05) is 12.1 Å². The van der Waals surface area contributed by atoms with Crippen LogP contribution < -0.4 is 4.74 Å². The molecule has 0 amide bonds. The standard InChI is InChI=1S/C19H17F3O4S/c1-11-4-6-13(16(23)8-11)15-10-18(2,3)26-17-7-5-12(9-14(15)17)27(24,25)19(20,21)22/h4-10,23H,1-3H3. The van der Waals surface area contributed by atoms with E-state index in [1.807, 2.05) is 0 Å². The number of aromatic hydroxyl groups is 1. The summed E-state index contributed by atoms with van der Waals surface area (Å²) in [5.41, 5.74) is -4.47. The van der Waals surface area contributed by atoms with Crippen LogP contribution in [0.15, 0.2) is 47.4 Å². The molecule has 0 spiro atoms. The number of ether oxygens (including phenoxy) is 1. The molecule has 0 unspecified atom stereocenters. The van der Waals surface area contributed by atoms with Crippen molar-refractivity contribution in [2.45, 2.75) is 36.8 Å². The summed E-state index contributed by atoms with van der Waals surface area (Å²) in [5.74, 6) is 0.174. The Balaban J connectivity index is 2.25. The lowest BCUT2D eigenvalue weighted by molar-refractivity contribution is -0.0436. The van der Waals surface area contributed by atoms with Gasteiger partial charge >= 0.3 is 5.51 Å². The van der Waals surface area contributed by atoms with E-state index in [0.29, 0.717) is 11.1 Å². The van der Waals surface area contributed by atoms with Gasteiger partial charge in [0.1, 0.15) is 17.1 Å². The molecule has 1 N–H and O–H groups in total. The Morgan fingerprint density at radius 1 is 1.04 bits per heavy atom. The van der Waals surface area contributed by atoms with Gasteiger partial charge in [0.15, 0.2) is 0 Å². The van der Waals surface area contributed by atoms with Gasteiger partial charge in [0.2, 0.25) is 0 Å². The van der Waals surface area contributed by atoms with Crippen molar-refractivity contribution in [3.05, 3.63) is 59.2 Å². The maximum Gasteiger partial charge on any atom is 0.501 e. The summed E-state index contributed by atoms with van der Waals surface area (Å²) in [6, 6.07) is 7.90.